The topological polar surface area (TPSA) is 54.9 Å². The third-order valence-corrected chi connectivity index (χ3v) is 5.12. The molecule has 1 aromatic carbocycles. The minimum Gasteiger partial charge on any atom is -0.493 e. The standard InChI is InChI=1S/C20H31N3O2.HI/c1-3-21-19(22-15-20(10-11-20)12-14-24-4-2)23-17-9-13-25-18-8-6-5-7-16(17)18;/h5-8,17H,3-4,9-15H2,1-2H3,(H2,21,22,23);1H. The molecule has 0 radical (unpaired) electrons. The maximum absolute atomic E-state index is 5.76. The highest BCUT2D eigenvalue weighted by Crippen LogP contribution is 2.49. The van der Waals surface area contributed by atoms with Crippen molar-refractivity contribution in [3.63, 3.8) is 0 Å². The molecule has 1 heterocycles. The molecule has 2 aliphatic rings. The SMILES string of the molecule is CCNC(=NCC1(CCOCC)CC1)NC1CCOc2ccccc21.I. The predicted molar refractivity (Wildman–Crippen MR) is 117 cm³/mol. The second kappa shape index (κ2) is 10.3. The molecule has 0 aromatic heterocycles. The Balaban J connectivity index is 0.00000243. The van der Waals surface area contributed by atoms with Crippen molar-refractivity contribution in [3.05, 3.63) is 29.8 Å². The quantitative estimate of drug-likeness (QED) is 0.261. The summed E-state index contributed by atoms with van der Waals surface area (Å²) in [5, 5.41) is 7.00. The van der Waals surface area contributed by atoms with Crippen molar-refractivity contribution in [2.75, 3.05) is 32.9 Å². The van der Waals surface area contributed by atoms with Crippen LogP contribution in [0, 0.1) is 5.41 Å². The van der Waals surface area contributed by atoms with Gasteiger partial charge in [0.1, 0.15) is 5.75 Å². The first-order valence-corrected chi connectivity index (χ1v) is 9.60. The number of guanidine groups is 1. The van der Waals surface area contributed by atoms with Gasteiger partial charge in [0.05, 0.1) is 12.6 Å². The van der Waals surface area contributed by atoms with Gasteiger partial charge in [0.25, 0.3) is 0 Å². The maximum Gasteiger partial charge on any atom is 0.191 e. The van der Waals surface area contributed by atoms with Gasteiger partial charge >= 0.3 is 0 Å². The summed E-state index contributed by atoms with van der Waals surface area (Å²) in [5.41, 5.74) is 1.59. The Morgan fingerprint density at radius 2 is 2.12 bits per heavy atom. The summed E-state index contributed by atoms with van der Waals surface area (Å²) in [6.07, 6.45) is 4.60. The molecule has 1 fully saturated rings. The van der Waals surface area contributed by atoms with Gasteiger partial charge in [0.2, 0.25) is 0 Å². The zero-order valence-electron chi connectivity index (χ0n) is 15.9. The molecule has 0 amide bonds. The van der Waals surface area contributed by atoms with Crippen LogP contribution in [0.25, 0.3) is 0 Å². The second-order valence-electron chi connectivity index (χ2n) is 7.01. The molecule has 26 heavy (non-hydrogen) atoms. The molecule has 146 valence electrons. The highest BCUT2D eigenvalue weighted by Gasteiger charge is 2.42. The van der Waals surface area contributed by atoms with Gasteiger partial charge in [-0.1, -0.05) is 18.2 Å². The van der Waals surface area contributed by atoms with E-state index in [1.165, 1.54) is 18.4 Å². The van der Waals surface area contributed by atoms with Crippen molar-refractivity contribution >= 4 is 29.9 Å². The first-order valence-electron chi connectivity index (χ1n) is 9.60. The number of hydrogen-bond donors (Lipinski definition) is 2. The van der Waals surface area contributed by atoms with E-state index in [9.17, 15) is 0 Å². The van der Waals surface area contributed by atoms with Crippen LogP contribution >= 0.6 is 24.0 Å². The number of hydrogen-bond acceptors (Lipinski definition) is 3. The summed E-state index contributed by atoms with van der Waals surface area (Å²) in [6, 6.07) is 8.52. The fraction of sp³-hybridized carbons (Fsp3) is 0.650. The molecule has 1 aliphatic heterocycles. The lowest BCUT2D eigenvalue weighted by atomic mass is 10.0. The van der Waals surface area contributed by atoms with E-state index in [0.717, 1.165) is 57.5 Å². The minimum absolute atomic E-state index is 0. The Morgan fingerprint density at radius 3 is 2.85 bits per heavy atom. The third kappa shape index (κ3) is 5.74. The average Bonchev–Trinajstić information content (AvgIpc) is 3.41. The summed E-state index contributed by atoms with van der Waals surface area (Å²) < 4.78 is 11.3. The van der Waals surface area contributed by atoms with E-state index >= 15 is 0 Å². The van der Waals surface area contributed by atoms with E-state index in [1.807, 2.05) is 12.1 Å². The van der Waals surface area contributed by atoms with Crippen molar-refractivity contribution in [1.29, 1.82) is 0 Å². The second-order valence-corrected chi connectivity index (χ2v) is 7.01. The first kappa shape index (κ1) is 21.3. The lowest BCUT2D eigenvalue weighted by Gasteiger charge is -2.28. The van der Waals surface area contributed by atoms with Crippen LogP contribution < -0.4 is 15.4 Å². The van der Waals surface area contributed by atoms with Gasteiger partial charge in [-0.25, -0.2) is 0 Å². The summed E-state index contributed by atoms with van der Waals surface area (Å²) in [7, 11) is 0. The molecule has 5 nitrogen and oxygen atoms in total. The summed E-state index contributed by atoms with van der Waals surface area (Å²) in [4.78, 5) is 4.89. The molecule has 1 unspecified atom stereocenters. The van der Waals surface area contributed by atoms with Crippen molar-refractivity contribution in [3.8, 4) is 5.75 Å². The number of para-hydroxylation sites is 1. The zero-order valence-corrected chi connectivity index (χ0v) is 18.3. The molecule has 1 saturated carbocycles. The number of nitrogens with zero attached hydrogens (tertiary/aromatic N) is 1. The molecule has 1 aromatic rings. The molecule has 0 spiro atoms. The number of aliphatic imine (C=N–C) groups is 1. The van der Waals surface area contributed by atoms with Gasteiger partial charge in [-0.05, 0) is 44.6 Å². The fourth-order valence-corrected chi connectivity index (χ4v) is 3.32. The van der Waals surface area contributed by atoms with Crippen LogP contribution in [0.1, 0.15) is 51.1 Å². The van der Waals surface area contributed by atoms with Gasteiger partial charge < -0.3 is 20.1 Å². The molecule has 6 heteroatoms. The highest BCUT2D eigenvalue weighted by atomic mass is 127. The summed E-state index contributed by atoms with van der Waals surface area (Å²) >= 11 is 0. The average molecular weight is 473 g/mol. The molecular formula is C20H32IN3O2. The van der Waals surface area contributed by atoms with E-state index in [4.69, 9.17) is 14.5 Å². The Bertz CT molecular complexity index is 590. The van der Waals surface area contributed by atoms with Crippen molar-refractivity contribution in [2.24, 2.45) is 10.4 Å². The van der Waals surface area contributed by atoms with Gasteiger partial charge in [0.15, 0.2) is 5.96 Å². The molecule has 0 saturated heterocycles. The highest BCUT2D eigenvalue weighted by molar-refractivity contribution is 14.0. The Hall–Kier alpha value is -1.02. The Kier molecular flexibility index (Phi) is 8.47. The maximum atomic E-state index is 5.76. The van der Waals surface area contributed by atoms with Gasteiger partial charge in [-0.15, -0.1) is 24.0 Å². The number of fused-ring (bicyclic) bond motifs is 1. The molecule has 3 rings (SSSR count). The predicted octanol–water partition coefficient (Wildman–Crippen LogP) is 3.89. The Morgan fingerprint density at radius 1 is 1.31 bits per heavy atom. The first-order chi connectivity index (χ1) is 12.3. The molecule has 0 bridgehead atoms. The molecule has 1 atom stereocenters. The number of ether oxygens (including phenoxy) is 2. The van der Waals surface area contributed by atoms with E-state index in [-0.39, 0.29) is 30.0 Å². The number of rotatable bonds is 8. The Labute approximate surface area is 174 Å². The van der Waals surface area contributed by atoms with Gasteiger partial charge in [-0.3, -0.25) is 4.99 Å². The van der Waals surface area contributed by atoms with E-state index in [1.54, 1.807) is 0 Å². The van der Waals surface area contributed by atoms with Crippen molar-refractivity contribution in [2.45, 2.75) is 45.6 Å². The fourth-order valence-electron chi connectivity index (χ4n) is 3.32. The monoisotopic (exact) mass is 473 g/mol. The van der Waals surface area contributed by atoms with Crippen molar-refractivity contribution in [1.82, 2.24) is 10.6 Å². The van der Waals surface area contributed by atoms with Crippen LogP contribution in [0.3, 0.4) is 0 Å². The molecular weight excluding hydrogens is 441 g/mol. The number of benzene rings is 1. The van der Waals surface area contributed by atoms with Crippen LogP contribution in [0.15, 0.2) is 29.3 Å². The van der Waals surface area contributed by atoms with Crippen LogP contribution in [-0.2, 0) is 4.74 Å². The van der Waals surface area contributed by atoms with E-state index < -0.39 is 0 Å². The van der Waals surface area contributed by atoms with Gasteiger partial charge in [-0.2, -0.15) is 0 Å². The van der Waals surface area contributed by atoms with E-state index in [0.29, 0.717) is 5.41 Å². The summed E-state index contributed by atoms with van der Waals surface area (Å²) in [6.45, 7) is 8.29. The third-order valence-electron chi connectivity index (χ3n) is 5.12. The smallest absolute Gasteiger partial charge is 0.191 e. The largest absolute Gasteiger partial charge is 0.493 e. The molecule has 2 N–H and O–H groups in total. The van der Waals surface area contributed by atoms with E-state index in [2.05, 4.69) is 36.6 Å². The zero-order chi connectivity index (χ0) is 17.5. The lowest BCUT2D eigenvalue weighted by molar-refractivity contribution is 0.129. The number of halogens is 1. The van der Waals surface area contributed by atoms with Crippen LogP contribution in [0.5, 0.6) is 5.75 Å². The van der Waals surface area contributed by atoms with Crippen LogP contribution in [0.4, 0.5) is 0 Å². The normalized spacial score (nSPS) is 20.4. The summed E-state index contributed by atoms with van der Waals surface area (Å²) in [5.74, 6) is 1.89. The minimum atomic E-state index is 0. The van der Waals surface area contributed by atoms with Crippen LogP contribution in [-0.4, -0.2) is 38.9 Å². The van der Waals surface area contributed by atoms with Crippen molar-refractivity contribution < 1.29 is 9.47 Å². The lowest BCUT2D eigenvalue weighted by Crippen LogP contribution is -2.41. The number of nitrogens with one attached hydrogen (secondary N) is 2. The van der Waals surface area contributed by atoms with Crippen LogP contribution in [0.2, 0.25) is 0 Å². The molecule has 1 aliphatic carbocycles. The van der Waals surface area contributed by atoms with Gasteiger partial charge in [0, 0.05) is 38.3 Å².